The molecule has 0 amide bonds. The number of aromatic hydroxyl groups is 2. The predicted octanol–water partition coefficient (Wildman–Crippen LogP) is 4.06. The Morgan fingerprint density at radius 2 is 1.89 bits per heavy atom. The van der Waals surface area contributed by atoms with E-state index in [-0.39, 0.29) is 11.5 Å². The van der Waals surface area contributed by atoms with Crippen molar-refractivity contribution in [3.8, 4) is 22.6 Å². The van der Waals surface area contributed by atoms with Gasteiger partial charge in [-0.1, -0.05) is 28.1 Å². The maximum atomic E-state index is 9.99. The van der Waals surface area contributed by atoms with E-state index in [0.717, 1.165) is 10.0 Å². The highest BCUT2D eigenvalue weighted by molar-refractivity contribution is 9.10. The van der Waals surface area contributed by atoms with E-state index in [9.17, 15) is 10.2 Å². The Morgan fingerprint density at radius 1 is 1.11 bits per heavy atom. The molecule has 2 rings (SSSR count). The third-order valence-corrected chi connectivity index (χ3v) is 3.46. The molecule has 0 bridgehead atoms. The van der Waals surface area contributed by atoms with Crippen molar-refractivity contribution >= 4 is 15.9 Å². The molecule has 0 spiro atoms. The van der Waals surface area contributed by atoms with Crippen molar-refractivity contribution in [1.29, 1.82) is 0 Å². The molecule has 0 saturated heterocycles. The van der Waals surface area contributed by atoms with Crippen LogP contribution in [0.5, 0.6) is 11.5 Å². The first kappa shape index (κ1) is 13.9. The molecule has 4 heteroatoms. The van der Waals surface area contributed by atoms with Crippen LogP contribution < -0.4 is 0 Å². The third kappa shape index (κ3) is 3.08. The molecule has 0 fully saturated rings. The fourth-order valence-corrected chi connectivity index (χ4v) is 2.44. The number of benzene rings is 2. The lowest BCUT2D eigenvalue weighted by Crippen LogP contribution is -1.93. The third-order valence-electron chi connectivity index (χ3n) is 2.79. The number of phenols is 2. The van der Waals surface area contributed by atoms with Crippen molar-refractivity contribution in [2.75, 3.05) is 6.61 Å². The van der Waals surface area contributed by atoms with E-state index in [2.05, 4.69) is 15.9 Å². The number of ether oxygens (including phenoxy) is 1. The van der Waals surface area contributed by atoms with Gasteiger partial charge >= 0.3 is 0 Å². The minimum atomic E-state index is 0.123. The molecule has 0 radical (unpaired) electrons. The van der Waals surface area contributed by atoms with Gasteiger partial charge in [-0.3, -0.25) is 0 Å². The van der Waals surface area contributed by atoms with Gasteiger partial charge in [0.15, 0.2) is 0 Å². The minimum Gasteiger partial charge on any atom is -0.507 e. The summed E-state index contributed by atoms with van der Waals surface area (Å²) in [6.45, 7) is 3.05. The number of halogens is 1. The molecular formula is C15H15BrO3. The van der Waals surface area contributed by atoms with Gasteiger partial charge in [0.2, 0.25) is 0 Å². The molecule has 2 aromatic rings. The van der Waals surface area contributed by atoms with Gasteiger partial charge in [0.25, 0.3) is 0 Å². The Bertz CT molecular complexity index is 561. The molecule has 0 atom stereocenters. The second-order valence-electron chi connectivity index (χ2n) is 4.12. The molecule has 19 heavy (non-hydrogen) atoms. The lowest BCUT2D eigenvalue weighted by Gasteiger charge is -2.11. The van der Waals surface area contributed by atoms with Gasteiger partial charge in [-0.15, -0.1) is 0 Å². The summed E-state index contributed by atoms with van der Waals surface area (Å²) in [4.78, 5) is 0. The summed E-state index contributed by atoms with van der Waals surface area (Å²) in [5, 5.41) is 20.0. The van der Waals surface area contributed by atoms with E-state index in [1.54, 1.807) is 18.2 Å². The van der Waals surface area contributed by atoms with Crippen molar-refractivity contribution in [2.24, 2.45) is 0 Å². The van der Waals surface area contributed by atoms with Crippen LogP contribution in [0.4, 0.5) is 0 Å². The van der Waals surface area contributed by atoms with Crippen molar-refractivity contribution in [2.45, 2.75) is 13.5 Å². The van der Waals surface area contributed by atoms with E-state index >= 15 is 0 Å². The van der Waals surface area contributed by atoms with Crippen molar-refractivity contribution < 1.29 is 14.9 Å². The summed E-state index contributed by atoms with van der Waals surface area (Å²) in [5.74, 6) is 0.251. The zero-order chi connectivity index (χ0) is 13.8. The van der Waals surface area contributed by atoms with Crippen LogP contribution in [0.2, 0.25) is 0 Å². The van der Waals surface area contributed by atoms with Gasteiger partial charge in [-0.05, 0) is 36.8 Å². The first-order chi connectivity index (χ1) is 9.13. The zero-order valence-electron chi connectivity index (χ0n) is 10.6. The Hall–Kier alpha value is -1.52. The Labute approximate surface area is 120 Å². The Morgan fingerprint density at radius 3 is 2.58 bits per heavy atom. The van der Waals surface area contributed by atoms with Crippen LogP contribution in [0.25, 0.3) is 11.1 Å². The lowest BCUT2D eigenvalue weighted by atomic mass is 10.0. The van der Waals surface area contributed by atoms with Gasteiger partial charge in [0.1, 0.15) is 11.5 Å². The predicted molar refractivity (Wildman–Crippen MR) is 78.2 cm³/mol. The summed E-state index contributed by atoms with van der Waals surface area (Å²) >= 11 is 3.39. The summed E-state index contributed by atoms with van der Waals surface area (Å²) in [7, 11) is 0. The Balaban J connectivity index is 2.49. The highest BCUT2D eigenvalue weighted by atomic mass is 79.9. The van der Waals surface area contributed by atoms with Crippen LogP contribution in [0.3, 0.4) is 0 Å². The summed E-state index contributed by atoms with van der Waals surface area (Å²) in [5.41, 5.74) is 2.12. The average Bonchev–Trinajstić information content (AvgIpc) is 2.39. The Kier molecular flexibility index (Phi) is 4.45. The van der Waals surface area contributed by atoms with Crippen molar-refractivity contribution in [3.05, 3.63) is 46.4 Å². The van der Waals surface area contributed by atoms with E-state index in [0.29, 0.717) is 24.3 Å². The van der Waals surface area contributed by atoms with Crippen molar-refractivity contribution in [1.82, 2.24) is 0 Å². The molecule has 0 unspecified atom stereocenters. The maximum absolute atomic E-state index is 9.99. The van der Waals surface area contributed by atoms with Crippen molar-refractivity contribution in [3.63, 3.8) is 0 Å². The topological polar surface area (TPSA) is 49.7 Å². The quantitative estimate of drug-likeness (QED) is 0.892. The molecule has 0 aliphatic heterocycles. The fourth-order valence-electron chi connectivity index (χ4n) is 1.87. The van der Waals surface area contributed by atoms with E-state index < -0.39 is 0 Å². The highest BCUT2D eigenvalue weighted by Gasteiger charge is 2.13. The van der Waals surface area contributed by atoms with Gasteiger partial charge in [-0.2, -0.15) is 0 Å². The molecule has 0 aliphatic carbocycles. The van der Waals surface area contributed by atoms with Gasteiger partial charge in [0.05, 0.1) is 6.61 Å². The molecule has 0 heterocycles. The number of rotatable bonds is 4. The van der Waals surface area contributed by atoms with Crippen LogP contribution in [0.15, 0.2) is 40.9 Å². The molecular weight excluding hydrogens is 308 g/mol. The molecule has 100 valence electrons. The molecule has 3 nitrogen and oxygen atoms in total. The lowest BCUT2D eigenvalue weighted by molar-refractivity contribution is 0.134. The number of hydrogen-bond acceptors (Lipinski definition) is 3. The highest BCUT2D eigenvalue weighted by Crippen LogP contribution is 2.40. The second kappa shape index (κ2) is 6.08. The zero-order valence-corrected chi connectivity index (χ0v) is 12.1. The van der Waals surface area contributed by atoms with Gasteiger partial charge in [0, 0.05) is 22.2 Å². The summed E-state index contributed by atoms with van der Waals surface area (Å²) in [6, 6.07) is 10.4. The molecule has 0 aromatic heterocycles. The van der Waals surface area contributed by atoms with Crippen LogP contribution in [0, 0.1) is 0 Å². The molecule has 0 aliphatic rings. The monoisotopic (exact) mass is 322 g/mol. The van der Waals surface area contributed by atoms with Crippen LogP contribution >= 0.6 is 15.9 Å². The largest absolute Gasteiger partial charge is 0.507 e. The standard InChI is InChI=1S/C15H15BrO3/c1-2-19-9-10-6-7-13(17)11(8-10)15-12(16)4-3-5-14(15)18/h3-8,17-18H,2,9H2,1H3. The number of phenolic OH excluding ortho intramolecular Hbond substituents is 2. The summed E-state index contributed by atoms with van der Waals surface area (Å²) < 4.78 is 6.09. The molecule has 2 aromatic carbocycles. The summed E-state index contributed by atoms with van der Waals surface area (Å²) in [6.07, 6.45) is 0. The molecule has 2 N–H and O–H groups in total. The smallest absolute Gasteiger partial charge is 0.124 e. The van der Waals surface area contributed by atoms with Crippen LogP contribution in [-0.4, -0.2) is 16.8 Å². The first-order valence-electron chi connectivity index (χ1n) is 6.01. The van der Waals surface area contributed by atoms with Gasteiger partial charge in [-0.25, -0.2) is 0 Å². The van der Waals surface area contributed by atoms with Crippen LogP contribution in [-0.2, 0) is 11.3 Å². The van der Waals surface area contributed by atoms with E-state index in [4.69, 9.17) is 4.74 Å². The SMILES string of the molecule is CCOCc1ccc(O)c(-c2c(O)cccc2Br)c1. The first-order valence-corrected chi connectivity index (χ1v) is 6.80. The maximum Gasteiger partial charge on any atom is 0.124 e. The average molecular weight is 323 g/mol. The molecule has 0 saturated carbocycles. The van der Waals surface area contributed by atoms with Gasteiger partial charge < -0.3 is 14.9 Å². The number of hydrogen-bond donors (Lipinski definition) is 2. The van der Waals surface area contributed by atoms with E-state index in [1.807, 2.05) is 25.1 Å². The minimum absolute atomic E-state index is 0.123. The second-order valence-corrected chi connectivity index (χ2v) is 4.98. The van der Waals surface area contributed by atoms with Crippen LogP contribution in [0.1, 0.15) is 12.5 Å². The fraction of sp³-hybridized carbons (Fsp3) is 0.200. The van der Waals surface area contributed by atoms with E-state index in [1.165, 1.54) is 0 Å². The normalized spacial score (nSPS) is 10.6.